The fraction of sp³-hybridized carbons (Fsp3) is 0.850. The van der Waals surface area contributed by atoms with Crippen molar-refractivity contribution in [2.45, 2.75) is 87.0 Å². The van der Waals surface area contributed by atoms with Crippen molar-refractivity contribution in [3.8, 4) is 0 Å². The highest BCUT2D eigenvalue weighted by atomic mass is 32.2. The zero-order valence-electron chi connectivity index (χ0n) is 17.3. The molecule has 0 aromatic heterocycles. The van der Waals surface area contributed by atoms with E-state index in [4.69, 9.17) is 4.55 Å². The van der Waals surface area contributed by atoms with Crippen LogP contribution in [0, 0.1) is 10.8 Å². The smallest absolute Gasteiger partial charge is 0.264 e. The van der Waals surface area contributed by atoms with Gasteiger partial charge in [-0.3, -0.25) is 4.55 Å². The molecule has 4 nitrogen and oxygen atoms in total. The quantitative estimate of drug-likeness (QED) is 0.332. The summed E-state index contributed by atoms with van der Waals surface area (Å²) in [5, 5.41) is 0. The van der Waals surface area contributed by atoms with Crippen LogP contribution in [-0.4, -0.2) is 35.6 Å². The minimum Gasteiger partial charge on any atom is -0.286 e. The van der Waals surface area contributed by atoms with E-state index in [0.29, 0.717) is 6.42 Å². The van der Waals surface area contributed by atoms with Crippen LogP contribution >= 0.6 is 0 Å². The Morgan fingerprint density at radius 3 is 2.20 bits per heavy atom. The molecule has 2 atom stereocenters. The first-order valence-corrected chi connectivity index (χ1v) is 11.3. The van der Waals surface area contributed by atoms with Crippen LogP contribution in [0.25, 0.3) is 0 Å². The van der Waals surface area contributed by atoms with Crippen molar-refractivity contribution in [1.29, 1.82) is 0 Å². The van der Waals surface area contributed by atoms with E-state index >= 15 is 0 Å². The first-order chi connectivity index (χ1) is 11.4. The first-order valence-electron chi connectivity index (χ1n) is 9.69. The van der Waals surface area contributed by atoms with E-state index in [2.05, 4.69) is 53.0 Å². The number of nitrogens with zero attached hydrogens (tertiary/aromatic N) is 1. The second kappa shape index (κ2) is 8.34. The Kier molecular flexibility index (Phi) is 7.46. The van der Waals surface area contributed by atoms with E-state index in [9.17, 15) is 8.42 Å². The van der Waals surface area contributed by atoms with Crippen LogP contribution in [0.4, 0.5) is 0 Å². The van der Waals surface area contributed by atoms with E-state index in [1.54, 1.807) is 0 Å². The summed E-state index contributed by atoms with van der Waals surface area (Å²) in [6.45, 7) is 16.9. The summed E-state index contributed by atoms with van der Waals surface area (Å²) in [6.07, 6.45) is 6.07. The standard InChI is InChI=1S/C20H37NO3S/c1-8-10-13-19(6,9-2)20(7)16(3)17(4)21(18(20)5)14-11-12-15-25(22,23)24/h8-15H2,1-7H3/p+1. The topological polar surface area (TPSA) is 57.4 Å². The Hall–Kier alpha value is -0.680. The SMILES string of the molecule is CCCCC(C)(CC)C1(C)C(C)=C(C)[N+](CCCCS(=O)(=O)O)=C1C. The third-order valence-corrected chi connectivity index (χ3v) is 7.73. The molecule has 0 aromatic rings. The van der Waals surface area contributed by atoms with Gasteiger partial charge in [-0.15, -0.1) is 0 Å². The Labute approximate surface area is 155 Å². The van der Waals surface area contributed by atoms with Crippen molar-refractivity contribution in [1.82, 2.24) is 0 Å². The Morgan fingerprint density at radius 1 is 1.12 bits per heavy atom. The van der Waals surface area contributed by atoms with E-state index in [-0.39, 0.29) is 16.6 Å². The second-order valence-electron chi connectivity index (χ2n) is 8.08. The molecule has 1 heterocycles. The van der Waals surface area contributed by atoms with Crippen LogP contribution in [-0.2, 0) is 10.1 Å². The lowest BCUT2D eigenvalue weighted by Crippen LogP contribution is -2.43. The van der Waals surface area contributed by atoms with Gasteiger partial charge in [-0.2, -0.15) is 8.42 Å². The highest BCUT2D eigenvalue weighted by Gasteiger charge is 2.54. The molecule has 0 amide bonds. The van der Waals surface area contributed by atoms with Crippen molar-refractivity contribution in [2.24, 2.45) is 10.8 Å². The maximum Gasteiger partial charge on any atom is 0.264 e. The molecule has 0 aliphatic carbocycles. The maximum absolute atomic E-state index is 10.9. The second-order valence-corrected chi connectivity index (χ2v) is 9.66. The molecule has 1 N–H and O–H groups in total. The Bertz CT molecular complexity index is 648. The third-order valence-electron chi connectivity index (χ3n) is 6.93. The van der Waals surface area contributed by atoms with Gasteiger partial charge in [0.2, 0.25) is 0 Å². The fourth-order valence-electron chi connectivity index (χ4n) is 4.48. The summed E-state index contributed by atoms with van der Waals surface area (Å²) < 4.78 is 33.1. The molecular formula is C20H38NO3S+. The molecular weight excluding hydrogens is 334 g/mol. The summed E-state index contributed by atoms with van der Waals surface area (Å²) in [6, 6.07) is 0. The van der Waals surface area contributed by atoms with Gasteiger partial charge in [-0.05, 0) is 38.5 Å². The molecule has 0 saturated heterocycles. The van der Waals surface area contributed by atoms with Gasteiger partial charge in [0.05, 0.1) is 11.2 Å². The average molecular weight is 373 g/mol. The van der Waals surface area contributed by atoms with Crippen molar-refractivity contribution >= 4 is 15.8 Å². The van der Waals surface area contributed by atoms with Crippen LogP contribution in [0.2, 0.25) is 0 Å². The summed E-state index contributed by atoms with van der Waals surface area (Å²) in [5.74, 6) is -0.151. The Balaban J connectivity index is 3.07. The van der Waals surface area contributed by atoms with Gasteiger partial charge < -0.3 is 0 Å². The van der Waals surface area contributed by atoms with Gasteiger partial charge >= 0.3 is 0 Å². The highest BCUT2D eigenvalue weighted by Crippen LogP contribution is 2.54. The number of unbranched alkanes of at least 4 members (excludes halogenated alkanes) is 2. The summed E-state index contributed by atoms with van der Waals surface area (Å²) >= 11 is 0. The highest BCUT2D eigenvalue weighted by molar-refractivity contribution is 7.85. The molecule has 1 rings (SSSR count). The molecule has 1 aliphatic heterocycles. The van der Waals surface area contributed by atoms with Gasteiger partial charge in [-0.1, -0.05) is 33.6 Å². The molecule has 146 valence electrons. The van der Waals surface area contributed by atoms with Crippen LogP contribution < -0.4 is 0 Å². The Morgan fingerprint density at radius 2 is 1.72 bits per heavy atom. The van der Waals surface area contributed by atoms with Gasteiger partial charge in [0.15, 0.2) is 11.4 Å². The maximum atomic E-state index is 10.9. The van der Waals surface area contributed by atoms with Gasteiger partial charge in [-0.25, -0.2) is 4.58 Å². The monoisotopic (exact) mass is 372 g/mol. The lowest BCUT2D eigenvalue weighted by Gasteiger charge is -2.43. The van der Waals surface area contributed by atoms with Crippen LogP contribution in [0.15, 0.2) is 11.3 Å². The predicted molar refractivity (Wildman–Crippen MR) is 106 cm³/mol. The van der Waals surface area contributed by atoms with Crippen molar-refractivity contribution in [3.63, 3.8) is 0 Å². The number of hydrogen-bond acceptors (Lipinski definition) is 2. The molecule has 0 fully saturated rings. The van der Waals surface area contributed by atoms with Crippen molar-refractivity contribution in [2.75, 3.05) is 12.3 Å². The molecule has 0 radical (unpaired) electrons. The predicted octanol–water partition coefficient (Wildman–Crippen LogP) is 5.05. The van der Waals surface area contributed by atoms with Crippen LogP contribution in [0.5, 0.6) is 0 Å². The fourth-order valence-corrected chi connectivity index (χ4v) is 5.05. The van der Waals surface area contributed by atoms with Crippen LogP contribution in [0.3, 0.4) is 0 Å². The molecule has 25 heavy (non-hydrogen) atoms. The molecule has 0 saturated carbocycles. The molecule has 0 bridgehead atoms. The van der Waals surface area contributed by atoms with E-state index in [0.717, 1.165) is 19.4 Å². The number of rotatable bonds is 10. The summed E-state index contributed by atoms with van der Waals surface area (Å²) in [5.41, 5.74) is 4.41. The van der Waals surface area contributed by atoms with Gasteiger partial charge in [0.1, 0.15) is 6.54 Å². The molecule has 2 unspecified atom stereocenters. The number of allylic oxidation sites excluding steroid dienone is 2. The number of hydrogen-bond donors (Lipinski definition) is 1. The third kappa shape index (κ3) is 4.54. The lowest BCUT2D eigenvalue weighted by molar-refractivity contribution is -0.476. The van der Waals surface area contributed by atoms with E-state index < -0.39 is 10.1 Å². The first kappa shape index (κ1) is 22.4. The largest absolute Gasteiger partial charge is 0.286 e. The average Bonchev–Trinajstić information content (AvgIpc) is 2.71. The normalized spacial score (nSPS) is 24.2. The molecule has 1 aliphatic rings. The van der Waals surface area contributed by atoms with Gasteiger partial charge in [0, 0.05) is 25.8 Å². The van der Waals surface area contributed by atoms with Crippen molar-refractivity contribution in [3.05, 3.63) is 11.3 Å². The molecule has 0 aromatic carbocycles. The zero-order chi connectivity index (χ0) is 19.5. The van der Waals surface area contributed by atoms with E-state index in [1.165, 1.54) is 36.2 Å². The van der Waals surface area contributed by atoms with Gasteiger partial charge in [0.25, 0.3) is 10.1 Å². The van der Waals surface area contributed by atoms with Crippen molar-refractivity contribution < 1.29 is 17.5 Å². The van der Waals surface area contributed by atoms with E-state index in [1.807, 2.05) is 0 Å². The molecule has 0 spiro atoms. The van der Waals surface area contributed by atoms with Crippen LogP contribution in [0.1, 0.15) is 87.0 Å². The minimum absolute atomic E-state index is 0.0457. The zero-order valence-corrected chi connectivity index (χ0v) is 18.1. The molecule has 5 heteroatoms. The lowest BCUT2D eigenvalue weighted by atomic mass is 9.57. The summed E-state index contributed by atoms with van der Waals surface area (Å²) in [4.78, 5) is 0. The summed E-state index contributed by atoms with van der Waals surface area (Å²) in [7, 11) is -3.86. The minimum atomic E-state index is -3.86.